The molecule has 2 heterocycles. The number of halogens is 2. The second kappa shape index (κ2) is 22.2. The zero-order valence-electron chi connectivity index (χ0n) is 26.3. The first-order valence-electron chi connectivity index (χ1n) is 14.2. The van der Waals surface area contributed by atoms with Crippen LogP contribution in [-0.4, -0.2) is 16.8 Å². The fourth-order valence-corrected chi connectivity index (χ4v) is 5.13. The van der Waals surface area contributed by atoms with Crippen LogP contribution in [0.25, 0.3) is 44.1 Å². The number of aromatic nitrogens is 2. The van der Waals surface area contributed by atoms with Crippen LogP contribution in [0.15, 0.2) is 109 Å². The van der Waals surface area contributed by atoms with Crippen molar-refractivity contribution < 1.29 is 23.3 Å². The second-order valence-electron chi connectivity index (χ2n) is 9.98. The Morgan fingerprint density at radius 2 is 1.00 bits per heavy atom. The molecule has 2 radical (unpaired) electrons. The fourth-order valence-electron chi connectivity index (χ4n) is 5.13. The maximum atomic E-state index is 4.47. The SMILES string of the molecule is CCCCc1cc2c(-c3ccccn3)cccc2[cH-]1.CCCCc1cc2c(-c3ccccn3)cccc2[cH-]1.Cl.Cl.[CH3-].[CH3-].[Si]=[Zr]. The van der Waals surface area contributed by atoms with Gasteiger partial charge in [0.05, 0.1) is 11.4 Å². The molecule has 0 N–H and O–H groups in total. The molecule has 0 aliphatic carbocycles. The van der Waals surface area contributed by atoms with E-state index in [2.05, 4.69) is 103 Å². The van der Waals surface area contributed by atoms with Crippen LogP contribution in [0.1, 0.15) is 50.7 Å². The summed E-state index contributed by atoms with van der Waals surface area (Å²) in [6.45, 7) is 7.54. The van der Waals surface area contributed by atoms with Gasteiger partial charge < -0.3 is 14.9 Å². The minimum absolute atomic E-state index is 0. The molecule has 0 amide bonds. The predicted octanol–water partition coefficient (Wildman–Crippen LogP) is 11.3. The van der Waals surface area contributed by atoms with E-state index in [4.69, 9.17) is 0 Å². The van der Waals surface area contributed by atoms with Gasteiger partial charge in [0.25, 0.3) is 0 Å². The Kier molecular flexibility index (Phi) is 21.0. The summed E-state index contributed by atoms with van der Waals surface area (Å²) in [5.41, 5.74) is 7.48. The molecule has 0 unspecified atom stereocenters. The summed E-state index contributed by atoms with van der Waals surface area (Å²) in [5, 5.41) is 5.31. The molecule has 6 heteroatoms. The van der Waals surface area contributed by atoms with Gasteiger partial charge in [0.15, 0.2) is 0 Å². The molecule has 0 spiro atoms. The Bertz CT molecular complexity index is 1490. The molecule has 44 heavy (non-hydrogen) atoms. The molecule has 0 saturated carbocycles. The van der Waals surface area contributed by atoms with E-state index < -0.39 is 0 Å². The molecule has 2 nitrogen and oxygen atoms in total. The summed E-state index contributed by atoms with van der Waals surface area (Å²) in [5.74, 6) is 0. The molecule has 0 saturated heterocycles. The average molecular weight is 719 g/mol. The predicted molar refractivity (Wildman–Crippen MR) is 196 cm³/mol. The van der Waals surface area contributed by atoms with Crippen LogP contribution < -0.4 is 0 Å². The quantitative estimate of drug-likeness (QED) is 0.116. The molecule has 4 aromatic carbocycles. The normalized spacial score (nSPS) is 9.57. The van der Waals surface area contributed by atoms with Crippen molar-refractivity contribution in [1.82, 2.24) is 9.97 Å². The molecule has 0 aliphatic heterocycles. The molecule has 2 aromatic heterocycles. The summed E-state index contributed by atoms with van der Waals surface area (Å²) in [7, 11) is 0. The number of fused-ring (bicyclic) bond motifs is 2. The van der Waals surface area contributed by atoms with E-state index in [9.17, 15) is 0 Å². The van der Waals surface area contributed by atoms with Gasteiger partial charge in [0.1, 0.15) is 0 Å². The molecule has 0 aliphatic rings. The Labute approximate surface area is 294 Å². The van der Waals surface area contributed by atoms with Gasteiger partial charge >= 0.3 is 30.2 Å². The summed E-state index contributed by atoms with van der Waals surface area (Å²) < 4.78 is 0. The van der Waals surface area contributed by atoms with Gasteiger partial charge in [-0.25, -0.2) is 0 Å². The van der Waals surface area contributed by atoms with Crippen molar-refractivity contribution in [2.24, 2.45) is 0 Å². The first kappa shape index (κ1) is 41.6. The standard InChI is InChI=1S/2C18H18N.2CH3.2ClH.Si.Zr/c2*1-2-3-7-14-12-15-8-6-9-16(17(15)13-14)18-10-4-5-11-19-18;;;;;;/h2*4-6,8-13H,2-3,7H2,1H3;2*1H3;2*1H;;/q4*-1;;;;. The van der Waals surface area contributed by atoms with Crippen molar-refractivity contribution in [3.05, 3.63) is 135 Å². The van der Waals surface area contributed by atoms with E-state index in [0.29, 0.717) is 0 Å². The van der Waals surface area contributed by atoms with Crippen LogP contribution in [0.2, 0.25) is 0 Å². The number of unbranched alkanes of at least 4 members (excludes halogenated alkanes) is 2. The molecule has 6 aromatic rings. The fraction of sp³-hybridized carbons (Fsp3) is 0.211. The van der Waals surface area contributed by atoms with Crippen LogP contribution in [0.3, 0.4) is 0 Å². The van der Waals surface area contributed by atoms with Crippen LogP contribution in [0.5, 0.6) is 0 Å². The van der Waals surface area contributed by atoms with Crippen LogP contribution >= 0.6 is 24.8 Å². The van der Waals surface area contributed by atoms with Crippen LogP contribution in [0.4, 0.5) is 0 Å². The molecular weight excluding hydrogens is 675 g/mol. The molecule has 6 rings (SSSR count). The first-order chi connectivity index (χ1) is 19.8. The first-order valence-corrected chi connectivity index (χ1v) is 18.4. The van der Waals surface area contributed by atoms with Crippen LogP contribution in [-0.2, 0) is 36.2 Å². The Morgan fingerprint density at radius 3 is 1.34 bits per heavy atom. The number of benzene rings is 2. The second-order valence-corrected chi connectivity index (χ2v) is 9.98. The molecular formula is C38H44Cl2N2SiZr-4. The number of hydrogen-bond donors (Lipinski definition) is 0. The zero-order valence-corrected chi connectivity index (χ0v) is 31.4. The van der Waals surface area contributed by atoms with Gasteiger partial charge in [0, 0.05) is 12.4 Å². The van der Waals surface area contributed by atoms with Crippen molar-refractivity contribution in [3.8, 4) is 22.5 Å². The third kappa shape index (κ3) is 10.9. The van der Waals surface area contributed by atoms with E-state index in [0.717, 1.165) is 11.4 Å². The Balaban J connectivity index is 0.000000733. The zero-order chi connectivity index (χ0) is 28.2. The van der Waals surface area contributed by atoms with Crippen molar-refractivity contribution >= 4 is 53.2 Å². The van der Waals surface area contributed by atoms with Gasteiger partial charge in [-0.2, -0.15) is 12.1 Å². The summed E-state index contributed by atoms with van der Waals surface area (Å²) in [6.07, 6.45) is 11.1. The number of aryl methyl sites for hydroxylation is 2. The van der Waals surface area contributed by atoms with E-state index >= 15 is 0 Å². The molecule has 0 atom stereocenters. The van der Waals surface area contributed by atoms with Crippen molar-refractivity contribution in [1.29, 1.82) is 0 Å². The molecule has 232 valence electrons. The van der Waals surface area contributed by atoms with Gasteiger partial charge in [-0.3, -0.25) is 9.97 Å². The summed E-state index contributed by atoms with van der Waals surface area (Å²) >= 11 is 1.36. The van der Waals surface area contributed by atoms with Gasteiger partial charge in [-0.1, -0.05) is 63.8 Å². The average Bonchev–Trinajstić information content (AvgIpc) is 3.65. The Hall–Kier alpha value is -2.36. The topological polar surface area (TPSA) is 25.8 Å². The van der Waals surface area contributed by atoms with E-state index in [1.54, 1.807) is 0 Å². The monoisotopic (exact) mass is 716 g/mol. The van der Waals surface area contributed by atoms with E-state index in [1.165, 1.54) is 106 Å². The third-order valence-electron chi connectivity index (χ3n) is 7.14. The van der Waals surface area contributed by atoms with Crippen molar-refractivity contribution in [2.45, 2.75) is 52.4 Å². The van der Waals surface area contributed by atoms with E-state index in [1.807, 2.05) is 36.7 Å². The van der Waals surface area contributed by atoms with Crippen LogP contribution in [0, 0.1) is 14.9 Å². The maximum absolute atomic E-state index is 4.47. The van der Waals surface area contributed by atoms with E-state index in [-0.39, 0.29) is 39.7 Å². The Morgan fingerprint density at radius 1 is 0.591 bits per heavy atom. The number of rotatable bonds is 8. The summed E-state index contributed by atoms with van der Waals surface area (Å²) in [6, 6.07) is 34.4. The molecule has 0 bridgehead atoms. The number of nitrogens with zero attached hydrogens (tertiary/aromatic N) is 2. The van der Waals surface area contributed by atoms with Gasteiger partial charge in [-0.15, -0.1) is 93.9 Å². The number of pyridine rings is 2. The third-order valence-corrected chi connectivity index (χ3v) is 7.14. The summed E-state index contributed by atoms with van der Waals surface area (Å²) in [4.78, 5) is 8.94. The minimum atomic E-state index is 0. The number of hydrogen-bond acceptors (Lipinski definition) is 2. The van der Waals surface area contributed by atoms with Gasteiger partial charge in [-0.05, 0) is 48.2 Å². The molecule has 0 fully saturated rings. The van der Waals surface area contributed by atoms with Gasteiger partial charge in [0.2, 0.25) is 0 Å². The van der Waals surface area contributed by atoms with Crippen molar-refractivity contribution in [3.63, 3.8) is 0 Å². The van der Waals surface area contributed by atoms with Crippen molar-refractivity contribution in [2.75, 3.05) is 0 Å².